The van der Waals surface area contributed by atoms with E-state index in [1.54, 1.807) is 6.92 Å². The number of aromatic nitrogens is 1. The molecule has 0 radical (unpaired) electrons. The molecule has 0 atom stereocenters. The number of hydrazine groups is 1. The number of benzene rings is 2. The number of carbonyl (C=O) groups is 4. The second-order valence-corrected chi connectivity index (χ2v) is 7.88. The largest absolute Gasteiger partial charge is 0.281 e. The van der Waals surface area contributed by atoms with Crippen LogP contribution in [0.1, 0.15) is 38.6 Å². The lowest BCUT2D eigenvalue weighted by molar-refractivity contribution is -0.121. The predicted molar refractivity (Wildman–Crippen MR) is 115 cm³/mol. The molecular formula is C22H18N4O4S. The van der Waals surface area contributed by atoms with E-state index < -0.39 is 11.8 Å². The topological polar surface area (TPSA) is 108 Å². The number of nitrogens with zero attached hydrogens (tertiary/aromatic N) is 2. The van der Waals surface area contributed by atoms with E-state index >= 15 is 0 Å². The van der Waals surface area contributed by atoms with E-state index in [4.69, 9.17) is 0 Å². The van der Waals surface area contributed by atoms with Gasteiger partial charge in [0, 0.05) is 24.0 Å². The summed E-state index contributed by atoms with van der Waals surface area (Å²) in [6.07, 6.45) is 0.381. The maximum atomic E-state index is 12.5. The van der Waals surface area contributed by atoms with Crippen LogP contribution in [0.25, 0.3) is 10.6 Å². The Morgan fingerprint density at radius 3 is 2.16 bits per heavy atom. The number of aryl methyl sites for hydroxylation is 1. The lowest BCUT2D eigenvalue weighted by Gasteiger charge is -2.14. The van der Waals surface area contributed by atoms with Gasteiger partial charge in [-0.2, -0.15) is 0 Å². The van der Waals surface area contributed by atoms with E-state index in [2.05, 4.69) is 15.8 Å². The number of thiazole rings is 1. The van der Waals surface area contributed by atoms with Gasteiger partial charge in [0.25, 0.3) is 11.8 Å². The van der Waals surface area contributed by atoms with Gasteiger partial charge in [-0.25, -0.2) is 4.98 Å². The lowest BCUT2D eigenvalue weighted by atomic mass is 10.2. The van der Waals surface area contributed by atoms with Crippen molar-refractivity contribution in [2.24, 2.45) is 0 Å². The van der Waals surface area contributed by atoms with Gasteiger partial charge >= 0.3 is 0 Å². The van der Waals surface area contributed by atoms with E-state index in [9.17, 15) is 19.2 Å². The molecule has 8 nitrogen and oxygen atoms in total. The highest BCUT2D eigenvalue weighted by Gasteiger charge is 2.30. The lowest BCUT2D eigenvalue weighted by Crippen LogP contribution is -2.41. The van der Waals surface area contributed by atoms with Crippen LogP contribution < -0.4 is 15.8 Å². The van der Waals surface area contributed by atoms with Crippen LogP contribution in [0.2, 0.25) is 0 Å². The minimum absolute atomic E-state index is 0.191. The smallest absolute Gasteiger partial charge is 0.274 e. The Bertz CT molecular complexity index is 1160. The van der Waals surface area contributed by atoms with E-state index in [-0.39, 0.29) is 30.2 Å². The van der Waals surface area contributed by atoms with Gasteiger partial charge in [0.15, 0.2) is 0 Å². The summed E-state index contributed by atoms with van der Waals surface area (Å²) in [4.78, 5) is 54.4. The predicted octanol–water partition coefficient (Wildman–Crippen LogP) is 2.85. The number of anilines is 1. The molecule has 3 aromatic rings. The van der Waals surface area contributed by atoms with Gasteiger partial charge in [-0.05, 0) is 31.2 Å². The maximum Gasteiger partial charge on any atom is 0.281 e. The average molecular weight is 434 g/mol. The third-order valence-electron chi connectivity index (χ3n) is 4.75. The van der Waals surface area contributed by atoms with Gasteiger partial charge in [0.1, 0.15) is 9.88 Å². The summed E-state index contributed by atoms with van der Waals surface area (Å²) in [6, 6.07) is 15.5. The average Bonchev–Trinajstić information content (AvgIpc) is 3.34. The van der Waals surface area contributed by atoms with Gasteiger partial charge in [-0.15, -0.1) is 11.3 Å². The molecule has 1 aliphatic rings. The van der Waals surface area contributed by atoms with Gasteiger partial charge in [-0.1, -0.05) is 30.3 Å². The number of imide groups is 1. The molecule has 2 heterocycles. The Labute approximate surface area is 181 Å². The van der Waals surface area contributed by atoms with Crippen LogP contribution >= 0.6 is 11.3 Å². The van der Waals surface area contributed by atoms with Gasteiger partial charge in [0.2, 0.25) is 11.8 Å². The van der Waals surface area contributed by atoms with Crippen LogP contribution in [0.5, 0.6) is 0 Å². The molecule has 0 spiro atoms. The first-order valence-electron chi connectivity index (χ1n) is 9.53. The normalized spacial score (nSPS) is 13.4. The number of hydrogen-bond donors (Lipinski definition) is 2. The van der Waals surface area contributed by atoms with Crippen LogP contribution in [-0.4, -0.2) is 28.6 Å². The summed E-state index contributed by atoms with van der Waals surface area (Å²) in [5, 5.41) is 0.719. The fourth-order valence-corrected chi connectivity index (χ4v) is 4.15. The highest BCUT2D eigenvalue weighted by molar-refractivity contribution is 7.17. The van der Waals surface area contributed by atoms with Crippen molar-refractivity contribution < 1.29 is 19.2 Å². The van der Waals surface area contributed by atoms with Crippen molar-refractivity contribution in [3.63, 3.8) is 0 Å². The van der Waals surface area contributed by atoms with Crippen LogP contribution in [0, 0.1) is 6.92 Å². The summed E-state index contributed by atoms with van der Waals surface area (Å²) in [5.41, 5.74) is 6.94. The Kier molecular flexibility index (Phi) is 5.59. The first-order chi connectivity index (χ1) is 14.9. The van der Waals surface area contributed by atoms with Crippen molar-refractivity contribution in [3.8, 4) is 10.6 Å². The number of hydrogen-bond acceptors (Lipinski definition) is 6. The minimum atomic E-state index is -0.524. The van der Waals surface area contributed by atoms with Crippen molar-refractivity contribution in [1.82, 2.24) is 15.8 Å². The second-order valence-electron chi connectivity index (χ2n) is 6.88. The molecule has 1 saturated heterocycles. The zero-order valence-corrected chi connectivity index (χ0v) is 17.4. The third-order valence-corrected chi connectivity index (χ3v) is 5.96. The van der Waals surface area contributed by atoms with Gasteiger partial charge < -0.3 is 0 Å². The number of amides is 4. The first kappa shape index (κ1) is 20.4. The molecule has 156 valence electrons. The molecule has 1 aliphatic heterocycles. The van der Waals surface area contributed by atoms with Crippen molar-refractivity contribution in [2.75, 3.05) is 4.90 Å². The standard InChI is InChI=1S/C22H18N4O4S/c1-13-19(31-22(23-13)15-5-3-2-4-6-15)21(30)25-24-20(29)14-7-9-16(10-8-14)26-17(27)11-12-18(26)28/h2-10H,11-12H2,1H3,(H,24,29)(H,25,30). The fourth-order valence-electron chi connectivity index (χ4n) is 3.18. The van der Waals surface area contributed by atoms with Crippen LogP contribution in [0.15, 0.2) is 54.6 Å². The highest BCUT2D eigenvalue weighted by atomic mass is 32.1. The Morgan fingerprint density at radius 1 is 0.903 bits per heavy atom. The molecule has 2 aromatic carbocycles. The number of nitrogens with one attached hydrogen (secondary N) is 2. The SMILES string of the molecule is Cc1nc(-c2ccccc2)sc1C(=O)NNC(=O)c1ccc(N2C(=O)CCC2=O)cc1. The molecule has 31 heavy (non-hydrogen) atoms. The first-order valence-corrected chi connectivity index (χ1v) is 10.3. The highest BCUT2D eigenvalue weighted by Crippen LogP contribution is 2.27. The molecule has 0 saturated carbocycles. The van der Waals surface area contributed by atoms with E-state index in [1.165, 1.54) is 35.6 Å². The van der Waals surface area contributed by atoms with E-state index in [0.29, 0.717) is 16.3 Å². The fraction of sp³-hybridized carbons (Fsp3) is 0.136. The molecule has 2 N–H and O–H groups in total. The van der Waals surface area contributed by atoms with Crippen LogP contribution in [0.4, 0.5) is 5.69 Å². The van der Waals surface area contributed by atoms with E-state index in [0.717, 1.165) is 15.5 Å². The Hall–Kier alpha value is -3.85. The molecule has 0 aliphatic carbocycles. The zero-order chi connectivity index (χ0) is 22.0. The summed E-state index contributed by atoms with van der Waals surface area (Å²) in [5.74, 6) is -1.51. The monoisotopic (exact) mass is 434 g/mol. The molecule has 4 rings (SSSR count). The molecule has 1 fully saturated rings. The van der Waals surface area contributed by atoms with Gasteiger partial charge in [0.05, 0.1) is 11.4 Å². The zero-order valence-electron chi connectivity index (χ0n) is 16.5. The summed E-state index contributed by atoms with van der Waals surface area (Å²) >= 11 is 1.24. The van der Waals surface area contributed by atoms with Crippen molar-refractivity contribution >= 4 is 40.7 Å². The molecule has 0 unspecified atom stereocenters. The summed E-state index contributed by atoms with van der Waals surface area (Å²) in [6.45, 7) is 1.74. The summed E-state index contributed by atoms with van der Waals surface area (Å²) < 4.78 is 0. The molecular weight excluding hydrogens is 416 g/mol. The quantitative estimate of drug-likeness (QED) is 0.485. The molecule has 9 heteroatoms. The minimum Gasteiger partial charge on any atom is -0.274 e. The molecule has 4 amide bonds. The molecule has 1 aromatic heterocycles. The third kappa shape index (κ3) is 4.22. The number of rotatable bonds is 4. The summed E-state index contributed by atoms with van der Waals surface area (Å²) in [7, 11) is 0. The van der Waals surface area contributed by atoms with Crippen LogP contribution in [0.3, 0.4) is 0 Å². The second kappa shape index (κ2) is 8.49. The van der Waals surface area contributed by atoms with Crippen LogP contribution in [-0.2, 0) is 9.59 Å². The van der Waals surface area contributed by atoms with Crippen molar-refractivity contribution in [3.05, 3.63) is 70.7 Å². The van der Waals surface area contributed by atoms with E-state index in [1.807, 2.05) is 30.3 Å². The Balaban J connectivity index is 1.40. The van der Waals surface area contributed by atoms with Crippen molar-refractivity contribution in [2.45, 2.75) is 19.8 Å². The number of carbonyl (C=O) groups excluding carboxylic acids is 4. The molecule has 0 bridgehead atoms. The van der Waals surface area contributed by atoms with Crippen molar-refractivity contribution in [1.29, 1.82) is 0 Å². The Morgan fingerprint density at radius 2 is 1.52 bits per heavy atom. The maximum absolute atomic E-state index is 12.5. The van der Waals surface area contributed by atoms with Gasteiger partial charge in [-0.3, -0.25) is 34.9 Å².